The predicted molar refractivity (Wildman–Crippen MR) is 142 cm³/mol. The molecule has 0 aliphatic rings. The van der Waals surface area contributed by atoms with E-state index in [1.54, 1.807) is 30.3 Å². The molecule has 3 aromatic carbocycles. The topological polar surface area (TPSA) is 107 Å². The number of anilines is 2. The van der Waals surface area contributed by atoms with Gasteiger partial charge in [0.05, 0.1) is 24.3 Å². The predicted octanol–water partition coefficient (Wildman–Crippen LogP) is 5.58. The van der Waals surface area contributed by atoms with Crippen LogP contribution < -0.4 is 19.5 Å². The molecule has 0 atom stereocenters. The second-order valence-electron chi connectivity index (χ2n) is 7.70. The molecule has 0 fully saturated rings. The fraction of sp³-hybridized carbons (Fsp3) is 0.154. The summed E-state index contributed by atoms with van der Waals surface area (Å²) >= 11 is 1.37. The van der Waals surface area contributed by atoms with Gasteiger partial charge in [0.2, 0.25) is 0 Å². The zero-order valence-corrected chi connectivity index (χ0v) is 21.6. The van der Waals surface area contributed by atoms with Gasteiger partial charge in [-0.2, -0.15) is 0 Å². The molecule has 0 radical (unpaired) electrons. The Morgan fingerprint density at radius 1 is 1.00 bits per heavy atom. The van der Waals surface area contributed by atoms with E-state index in [-0.39, 0.29) is 10.6 Å². The first-order valence-corrected chi connectivity index (χ1v) is 13.4. The van der Waals surface area contributed by atoms with Gasteiger partial charge in [0.25, 0.3) is 15.9 Å². The number of rotatable bonds is 9. The van der Waals surface area contributed by atoms with E-state index in [1.165, 1.54) is 36.6 Å². The number of hydrogen-bond acceptors (Lipinski definition) is 7. The van der Waals surface area contributed by atoms with Crippen LogP contribution >= 0.6 is 11.3 Å². The maximum absolute atomic E-state index is 12.9. The number of nitrogens with one attached hydrogen (secondary N) is 2. The summed E-state index contributed by atoms with van der Waals surface area (Å²) in [4.78, 5) is 18.5. The third kappa shape index (κ3) is 5.84. The summed E-state index contributed by atoms with van der Waals surface area (Å²) in [7, 11) is -2.33. The van der Waals surface area contributed by atoms with Gasteiger partial charge in [0.1, 0.15) is 11.5 Å². The molecule has 186 valence electrons. The van der Waals surface area contributed by atoms with Crippen molar-refractivity contribution in [1.82, 2.24) is 4.98 Å². The lowest BCUT2D eigenvalue weighted by molar-refractivity contribution is 0.102. The molecule has 0 aliphatic carbocycles. The standard InChI is InChI=1S/C26H25N3O5S2/c1-4-34-22-10-8-18(9-11-22)24-17(2)35-26(27-24)28-25(30)19-6-5-7-20(16-19)29-36(31,32)23-14-12-21(33-3)13-15-23/h5-16,29H,4H2,1-3H3,(H,27,28,30). The van der Waals surface area contributed by atoms with Crippen molar-refractivity contribution in [2.45, 2.75) is 18.7 Å². The lowest BCUT2D eigenvalue weighted by Gasteiger charge is -2.10. The molecule has 1 amide bonds. The highest BCUT2D eigenvalue weighted by atomic mass is 32.2. The summed E-state index contributed by atoms with van der Waals surface area (Å²) in [5, 5.41) is 3.26. The number of carbonyl (C=O) groups is 1. The molecule has 1 heterocycles. The van der Waals surface area contributed by atoms with Crippen LogP contribution in [0, 0.1) is 6.92 Å². The summed E-state index contributed by atoms with van der Waals surface area (Å²) in [5.41, 5.74) is 2.26. The molecule has 36 heavy (non-hydrogen) atoms. The number of sulfonamides is 1. The van der Waals surface area contributed by atoms with E-state index in [0.717, 1.165) is 21.9 Å². The van der Waals surface area contributed by atoms with E-state index in [1.807, 2.05) is 38.1 Å². The van der Waals surface area contributed by atoms with Crippen LogP contribution in [0.4, 0.5) is 10.8 Å². The maximum atomic E-state index is 12.9. The van der Waals surface area contributed by atoms with Crippen molar-refractivity contribution in [2.75, 3.05) is 23.8 Å². The van der Waals surface area contributed by atoms with Crippen LogP contribution in [0.1, 0.15) is 22.2 Å². The highest BCUT2D eigenvalue weighted by Crippen LogP contribution is 2.31. The zero-order chi connectivity index (χ0) is 25.7. The van der Waals surface area contributed by atoms with Gasteiger partial charge < -0.3 is 9.47 Å². The molecule has 0 unspecified atom stereocenters. The smallest absolute Gasteiger partial charge is 0.261 e. The second kappa shape index (κ2) is 10.8. The maximum Gasteiger partial charge on any atom is 0.261 e. The molecular weight excluding hydrogens is 498 g/mol. The molecule has 8 nitrogen and oxygen atoms in total. The van der Waals surface area contributed by atoms with E-state index in [2.05, 4.69) is 15.0 Å². The molecule has 4 aromatic rings. The van der Waals surface area contributed by atoms with Crippen LogP contribution in [-0.4, -0.2) is 33.0 Å². The zero-order valence-electron chi connectivity index (χ0n) is 19.9. The van der Waals surface area contributed by atoms with Crippen molar-refractivity contribution in [3.05, 3.63) is 83.2 Å². The van der Waals surface area contributed by atoms with Gasteiger partial charge in [-0.15, -0.1) is 11.3 Å². The van der Waals surface area contributed by atoms with Crippen LogP contribution in [0.2, 0.25) is 0 Å². The quantitative estimate of drug-likeness (QED) is 0.297. The molecule has 2 N–H and O–H groups in total. The summed E-state index contributed by atoms with van der Waals surface area (Å²) in [6.45, 7) is 4.46. The van der Waals surface area contributed by atoms with Crippen molar-refractivity contribution in [1.29, 1.82) is 0 Å². The van der Waals surface area contributed by atoms with Gasteiger partial charge in [-0.25, -0.2) is 13.4 Å². The lowest BCUT2D eigenvalue weighted by Crippen LogP contribution is -2.15. The van der Waals surface area contributed by atoms with E-state index >= 15 is 0 Å². The SMILES string of the molecule is CCOc1ccc(-c2nc(NC(=O)c3cccc(NS(=O)(=O)c4ccc(OC)cc4)c3)sc2C)cc1. The number of amides is 1. The number of aromatic nitrogens is 1. The average Bonchev–Trinajstić information content (AvgIpc) is 3.24. The molecule has 1 aromatic heterocycles. The summed E-state index contributed by atoms with van der Waals surface area (Å²) in [5.74, 6) is 0.938. The molecular formula is C26H25N3O5S2. The van der Waals surface area contributed by atoms with Gasteiger partial charge in [0, 0.05) is 21.7 Å². The third-order valence-corrected chi connectivity index (χ3v) is 7.49. The number of ether oxygens (including phenoxy) is 2. The molecule has 0 saturated heterocycles. The van der Waals surface area contributed by atoms with Crippen molar-refractivity contribution >= 4 is 38.1 Å². The average molecular weight is 524 g/mol. The minimum absolute atomic E-state index is 0.0817. The monoisotopic (exact) mass is 523 g/mol. The largest absolute Gasteiger partial charge is 0.497 e. The highest BCUT2D eigenvalue weighted by molar-refractivity contribution is 7.92. The van der Waals surface area contributed by atoms with Gasteiger partial charge in [-0.05, 0) is 80.6 Å². The van der Waals surface area contributed by atoms with Crippen molar-refractivity contribution in [3.8, 4) is 22.8 Å². The Labute approximate surface area is 214 Å². The normalized spacial score (nSPS) is 11.1. The van der Waals surface area contributed by atoms with E-state index in [0.29, 0.717) is 23.1 Å². The van der Waals surface area contributed by atoms with Crippen LogP contribution in [-0.2, 0) is 10.0 Å². The number of methoxy groups -OCH3 is 1. The Balaban J connectivity index is 1.48. The molecule has 0 bridgehead atoms. The van der Waals surface area contributed by atoms with Crippen LogP contribution in [0.5, 0.6) is 11.5 Å². The summed E-state index contributed by atoms with van der Waals surface area (Å²) in [6.07, 6.45) is 0. The number of aryl methyl sites for hydroxylation is 1. The molecule has 4 rings (SSSR count). The van der Waals surface area contributed by atoms with Crippen molar-refractivity contribution < 1.29 is 22.7 Å². The van der Waals surface area contributed by atoms with Gasteiger partial charge in [0.15, 0.2) is 5.13 Å². The van der Waals surface area contributed by atoms with Gasteiger partial charge in [-0.1, -0.05) is 6.07 Å². The van der Waals surface area contributed by atoms with Crippen LogP contribution in [0.25, 0.3) is 11.3 Å². The fourth-order valence-corrected chi connectivity index (χ4v) is 5.34. The third-order valence-electron chi connectivity index (χ3n) is 5.20. The van der Waals surface area contributed by atoms with E-state index in [9.17, 15) is 13.2 Å². The number of benzene rings is 3. The molecule has 0 spiro atoms. The van der Waals surface area contributed by atoms with Crippen LogP contribution in [0.3, 0.4) is 0 Å². The molecule has 0 aliphatic heterocycles. The summed E-state index contributed by atoms with van der Waals surface area (Å²) < 4.78 is 38.5. The Morgan fingerprint density at radius 2 is 1.69 bits per heavy atom. The Hall–Kier alpha value is -3.89. The van der Waals surface area contributed by atoms with Crippen molar-refractivity contribution in [3.63, 3.8) is 0 Å². The molecule has 10 heteroatoms. The van der Waals surface area contributed by atoms with E-state index < -0.39 is 15.9 Å². The fourth-order valence-electron chi connectivity index (χ4n) is 3.46. The van der Waals surface area contributed by atoms with Crippen molar-refractivity contribution in [2.24, 2.45) is 0 Å². The number of carbonyl (C=O) groups excluding carboxylic acids is 1. The highest BCUT2D eigenvalue weighted by Gasteiger charge is 2.17. The minimum atomic E-state index is -3.84. The first-order chi connectivity index (χ1) is 17.3. The Morgan fingerprint density at radius 3 is 2.36 bits per heavy atom. The first kappa shape index (κ1) is 25.2. The number of thiazole rings is 1. The number of nitrogens with zero attached hydrogens (tertiary/aromatic N) is 1. The Bertz CT molecular complexity index is 1460. The second-order valence-corrected chi connectivity index (χ2v) is 10.6. The Kier molecular flexibility index (Phi) is 7.56. The molecule has 0 saturated carbocycles. The minimum Gasteiger partial charge on any atom is -0.497 e. The van der Waals surface area contributed by atoms with Gasteiger partial charge >= 0.3 is 0 Å². The number of hydrogen-bond donors (Lipinski definition) is 2. The van der Waals surface area contributed by atoms with E-state index in [4.69, 9.17) is 9.47 Å². The lowest BCUT2D eigenvalue weighted by atomic mass is 10.1. The van der Waals surface area contributed by atoms with Crippen LogP contribution in [0.15, 0.2) is 77.7 Å². The first-order valence-electron chi connectivity index (χ1n) is 11.1. The summed E-state index contributed by atoms with van der Waals surface area (Å²) in [6, 6.07) is 19.9. The van der Waals surface area contributed by atoms with Gasteiger partial charge in [-0.3, -0.25) is 14.8 Å².